The summed E-state index contributed by atoms with van der Waals surface area (Å²) in [6.45, 7) is 6.65. The van der Waals surface area contributed by atoms with Gasteiger partial charge in [0.05, 0.1) is 0 Å². The Kier molecular flexibility index (Phi) is 4.01. The van der Waals surface area contributed by atoms with Crippen LogP contribution < -0.4 is 10.6 Å². The first kappa shape index (κ1) is 13.1. The number of carbonyl (C=O) groups is 2. The minimum Gasteiger partial charge on any atom is -0.349 e. The van der Waals surface area contributed by atoms with Crippen LogP contribution in [0.15, 0.2) is 11.1 Å². The molecule has 0 aromatic carbocycles. The summed E-state index contributed by atoms with van der Waals surface area (Å²) in [5, 5.41) is 6.20. The van der Waals surface area contributed by atoms with Crippen LogP contribution in [0.2, 0.25) is 0 Å². The third kappa shape index (κ3) is 2.90. The fourth-order valence-corrected chi connectivity index (χ4v) is 2.31. The highest BCUT2D eigenvalue weighted by Gasteiger charge is 2.23. The quantitative estimate of drug-likeness (QED) is 0.681. The lowest BCUT2D eigenvalue weighted by Gasteiger charge is -2.32. The van der Waals surface area contributed by atoms with Gasteiger partial charge in [-0.3, -0.25) is 9.59 Å². The molecule has 5 nitrogen and oxygen atoms in total. The first-order valence-electron chi connectivity index (χ1n) is 6.53. The molecule has 2 amide bonds. The average Bonchev–Trinajstić information content (AvgIpc) is 2.27. The number of rotatable bonds is 2. The zero-order chi connectivity index (χ0) is 13.1. The summed E-state index contributed by atoms with van der Waals surface area (Å²) in [7, 11) is 0. The molecule has 2 heterocycles. The van der Waals surface area contributed by atoms with Crippen molar-refractivity contribution in [2.45, 2.75) is 32.7 Å². The topological polar surface area (TPSA) is 61.4 Å². The van der Waals surface area contributed by atoms with Crippen molar-refractivity contribution >= 4 is 11.8 Å². The molecule has 0 unspecified atom stereocenters. The second-order valence-corrected chi connectivity index (χ2v) is 5.09. The summed E-state index contributed by atoms with van der Waals surface area (Å²) in [5.74, 6) is 0.173. The normalized spacial score (nSPS) is 20.3. The zero-order valence-corrected chi connectivity index (χ0v) is 11.1. The van der Waals surface area contributed by atoms with E-state index in [0.717, 1.165) is 44.6 Å². The number of carbonyl (C=O) groups excluding carboxylic acids is 2. The predicted molar refractivity (Wildman–Crippen MR) is 69.0 cm³/mol. The highest BCUT2D eigenvalue weighted by atomic mass is 16.2. The Morgan fingerprint density at radius 1 is 1.22 bits per heavy atom. The van der Waals surface area contributed by atoms with Crippen LogP contribution >= 0.6 is 0 Å². The van der Waals surface area contributed by atoms with Gasteiger partial charge in [0.25, 0.3) is 0 Å². The van der Waals surface area contributed by atoms with Crippen molar-refractivity contribution in [2.24, 2.45) is 0 Å². The van der Waals surface area contributed by atoms with Gasteiger partial charge in [-0.05, 0) is 25.3 Å². The Morgan fingerprint density at radius 2 is 1.83 bits per heavy atom. The average molecular weight is 251 g/mol. The third-order valence-corrected chi connectivity index (χ3v) is 3.82. The summed E-state index contributed by atoms with van der Waals surface area (Å²) in [6, 6.07) is 0.205. The largest absolute Gasteiger partial charge is 0.349 e. The van der Waals surface area contributed by atoms with E-state index in [4.69, 9.17) is 0 Å². The molecule has 0 aromatic rings. The Labute approximate surface area is 108 Å². The van der Waals surface area contributed by atoms with Gasteiger partial charge >= 0.3 is 0 Å². The summed E-state index contributed by atoms with van der Waals surface area (Å²) in [5.41, 5.74) is 2.05. The van der Waals surface area contributed by atoms with E-state index in [0.29, 0.717) is 0 Å². The standard InChI is InChI=1S/C13H21N3O2/c1-9(11-7-14-8-11)13(18)15-12-3-5-16(6-4-12)10(2)17/h12,14H,3-8H2,1-2H3,(H,15,18). The molecule has 0 spiro atoms. The second kappa shape index (κ2) is 5.52. The van der Waals surface area contributed by atoms with E-state index in [1.807, 2.05) is 11.8 Å². The number of nitrogens with one attached hydrogen (secondary N) is 2. The lowest BCUT2D eigenvalue weighted by molar-refractivity contribution is -0.130. The number of likely N-dealkylation sites (tertiary alicyclic amines) is 1. The van der Waals surface area contributed by atoms with Crippen LogP contribution in [0.1, 0.15) is 26.7 Å². The predicted octanol–water partition coefficient (Wildman–Crippen LogP) is 0.0332. The first-order chi connectivity index (χ1) is 8.58. The van der Waals surface area contributed by atoms with Crippen LogP contribution in [-0.4, -0.2) is 48.9 Å². The van der Waals surface area contributed by atoms with Gasteiger partial charge in [0.15, 0.2) is 0 Å². The van der Waals surface area contributed by atoms with E-state index >= 15 is 0 Å². The van der Waals surface area contributed by atoms with Crippen molar-refractivity contribution in [3.63, 3.8) is 0 Å². The molecule has 100 valence electrons. The maximum Gasteiger partial charge on any atom is 0.247 e. The number of hydrogen-bond donors (Lipinski definition) is 2. The van der Waals surface area contributed by atoms with Crippen LogP contribution in [0.5, 0.6) is 0 Å². The highest BCUT2D eigenvalue weighted by Crippen LogP contribution is 2.13. The van der Waals surface area contributed by atoms with Gasteiger partial charge in [0, 0.05) is 44.7 Å². The van der Waals surface area contributed by atoms with Crippen molar-refractivity contribution < 1.29 is 9.59 Å². The van der Waals surface area contributed by atoms with Crippen LogP contribution in [0.3, 0.4) is 0 Å². The summed E-state index contributed by atoms with van der Waals surface area (Å²) in [6.07, 6.45) is 1.71. The SMILES string of the molecule is CC(=O)N1CCC(NC(=O)C(C)=C2CNC2)CC1. The molecule has 5 heteroatoms. The van der Waals surface area contributed by atoms with Gasteiger partial charge in [0.2, 0.25) is 11.8 Å². The van der Waals surface area contributed by atoms with E-state index < -0.39 is 0 Å². The van der Waals surface area contributed by atoms with Crippen LogP contribution in [0, 0.1) is 0 Å². The van der Waals surface area contributed by atoms with E-state index in [-0.39, 0.29) is 17.9 Å². The lowest BCUT2D eigenvalue weighted by Crippen LogP contribution is -2.47. The number of amides is 2. The second-order valence-electron chi connectivity index (χ2n) is 5.09. The molecule has 0 atom stereocenters. The lowest BCUT2D eigenvalue weighted by atomic mass is 10.0. The van der Waals surface area contributed by atoms with Crippen molar-refractivity contribution in [1.82, 2.24) is 15.5 Å². The summed E-state index contributed by atoms with van der Waals surface area (Å²) < 4.78 is 0. The molecular weight excluding hydrogens is 230 g/mol. The molecule has 2 rings (SSSR count). The molecule has 2 N–H and O–H groups in total. The smallest absolute Gasteiger partial charge is 0.247 e. The van der Waals surface area contributed by atoms with Gasteiger partial charge in [-0.25, -0.2) is 0 Å². The van der Waals surface area contributed by atoms with Crippen molar-refractivity contribution in [3.8, 4) is 0 Å². The maximum absolute atomic E-state index is 12.0. The van der Waals surface area contributed by atoms with E-state index in [1.165, 1.54) is 5.57 Å². The minimum absolute atomic E-state index is 0.0489. The number of piperidine rings is 1. The van der Waals surface area contributed by atoms with Crippen LogP contribution in [0.25, 0.3) is 0 Å². The Morgan fingerprint density at radius 3 is 2.28 bits per heavy atom. The molecule has 0 saturated carbocycles. The van der Waals surface area contributed by atoms with Gasteiger partial charge in [-0.2, -0.15) is 0 Å². The Balaban J connectivity index is 1.81. The number of nitrogens with zero attached hydrogens (tertiary/aromatic N) is 1. The van der Waals surface area contributed by atoms with Crippen LogP contribution in [0.4, 0.5) is 0 Å². The molecule has 2 aliphatic rings. The fourth-order valence-electron chi connectivity index (χ4n) is 2.31. The summed E-state index contributed by atoms with van der Waals surface area (Å²) in [4.78, 5) is 25.0. The highest BCUT2D eigenvalue weighted by molar-refractivity contribution is 5.94. The molecular formula is C13H21N3O2. The maximum atomic E-state index is 12.0. The molecule has 0 aromatic heterocycles. The number of hydrogen-bond acceptors (Lipinski definition) is 3. The molecule has 0 aliphatic carbocycles. The zero-order valence-electron chi connectivity index (χ0n) is 11.1. The molecule has 18 heavy (non-hydrogen) atoms. The summed E-state index contributed by atoms with van der Waals surface area (Å²) >= 11 is 0. The molecule has 2 aliphatic heterocycles. The third-order valence-electron chi connectivity index (χ3n) is 3.82. The van der Waals surface area contributed by atoms with Crippen molar-refractivity contribution in [2.75, 3.05) is 26.2 Å². The van der Waals surface area contributed by atoms with Gasteiger partial charge in [0.1, 0.15) is 0 Å². The van der Waals surface area contributed by atoms with Gasteiger partial charge < -0.3 is 15.5 Å². The Hall–Kier alpha value is -1.36. The molecule has 2 fully saturated rings. The van der Waals surface area contributed by atoms with Gasteiger partial charge in [-0.1, -0.05) is 0 Å². The monoisotopic (exact) mass is 251 g/mol. The van der Waals surface area contributed by atoms with Gasteiger partial charge in [-0.15, -0.1) is 0 Å². The first-order valence-corrected chi connectivity index (χ1v) is 6.53. The van der Waals surface area contributed by atoms with Crippen molar-refractivity contribution in [3.05, 3.63) is 11.1 Å². The Bertz CT molecular complexity index is 376. The van der Waals surface area contributed by atoms with E-state index in [9.17, 15) is 9.59 Å². The molecule has 0 radical (unpaired) electrons. The molecule has 0 bridgehead atoms. The van der Waals surface area contributed by atoms with Crippen LogP contribution in [-0.2, 0) is 9.59 Å². The van der Waals surface area contributed by atoms with Crippen molar-refractivity contribution in [1.29, 1.82) is 0 Å². The van der Waals surface area contributed by atoms with E-state index in [1.54, 1.807) is 6.92 Å². The fraction of sp³-hybridized carbons (Fsp3) is 0.692. The van der Waals surface area contributed by atoms with E-state index in [2.05, 4.69) is 10.6 Å². The molecule has 2 saturated heterocycles. The minimum atomic E-state index is 0.0489.